The van der Waals surface area contributed by atoms with E-state index >= 15 is 0 Å². The quantitative estimate of drug-likeness (QED) is 0.742. The molecule has 0 aliphatic carbocycles. The number of rotatable bonds is 3. The highest BCUT2D eigenvalue weighted by Crippen LogP contribution is 2.34. The second-order valence-electron chi connectivity index (χ2n) is 4.91. The van der Waals surface area contributed by atoms with Crippen LogP contribution < -0.4 is 10.5 Å². The average molecular weight is 343 g/mol. The van der Waals surface area contributed by atoms with Gasteiger partial charge in [0.25, 0.3) is 0 Å². The Balaban J connectivity index is 1.99. The van der Waals surface area contributed by atoms with Crippen LogP contribution in [0.4, 0.5) is 0 Å². The summed E-state index contributed by atoms with van der Waals surface area (Å²) in [5, 5.41) is 0.989. The van der Waals surface area contributed by atoms with Crippen molar-refractivity contribution in [1.82, 2.24) is 4.98 Å². The minimum Gasteiger partial charge on any atom is -0.455 e. The van der Waals surface area contributed by atoms with Crippen LogP contribution in [0, 0.1) is 0 Å². The van der Waals surface area contributed by atoms with Crippen LogP contribution in [-0.4, -0.2) is 4.98 Å². The Hall–Kier alpha value is -1.91. The largest absolute Gasteiger partial charge is 0.455 e. The maximum atomic E-state index is 6.03. The molecule has 0 saturated heterocycles. The van der Waals surface area contributed by atoms with E-state index in [0.717, 1.165) is 32.4 Å². The Labute approximate surface area is 131 Å². The Bertz CT molecular complexity index is 781. The van der Waals surface area contributed by atoms with E-state index in [1.807, 2.05) is 55.5 Å². The first kappa shape index (κ1) is 14.0. The van der Waals surface area contributed by atoms with Gasteiger partial charge in [-0.25, -0.2) is 0 Å². The molecule has 0 bridgehead atoms. The maximum absolute atomic E-state index is 6.03. The van der Waals surface area contributed by atoms with Crippen molar-refractivity contribution in [2.75, 3.05) is 0 Å². The summed E-state index contributed by atoms with van der Waals surface area (Å²) < 4.78 is 6.92. The number of halogens is 1. The first-order chi connectivity index (χ1) is 10.1. The number of nitrogens with two attached hydrogens (primary N) is 1. The maximum Gasteiger partial charge on any atom is 0.141 e. The van der Waals surface area contributed by atoms with Crippen LogP contribution in [0.25, 0.3) is 10.9 Å². The zero-order valence-corrected chi connectivity index (χ0v) is 13.2. The summed E-state index contributed by atoms with van der Waals surface area (Å²) >= 11 is 3.54. The van der Waals surface area contributed by atoms with E-state index < -0.39 is 0 Å². The number of ether oxygens (including phenoxy) is 1. The van der Waals surface area contributed by atoms with Crippen LogP contribution in [0.3, 0.4) is 0 Å². The van der Waals surface area contributed by atoms with Crippen LogP contribution in [0.1, 0.15) is 18.5 Å². The molecule has 3 aromatic rings. The fraction of sp³-hybridized carbons (Fsp3) is 0.118. The van der Waals surface area contributed by atoms with Crippen molar-refractivity contribution in [3.8, 4) is 11.5 Å². The van der Waals surface area contributed by atoms with Crippen LogP contribution in [-0.2, 0) is 0 Å². The fourth-order valence-corrected chi connectivity index (χ4v) is 2.64. The third-order valence-electron chi connectivity index (χ3n) is 3.31. The number of hydrogen-bond acceptors (Lipinski definition) is 3. The highest BCUT2D eigenvalue weighted by Gasteiger charge is 2.08. The van der Waals surface area contributed by atoms with Crippen LogP contribution >= 0.6 is 15.9 Å². The van der Waals surface area contributed by atoms with E-state index in [0.29, 0.717) is 0 Å². The first-order valence-electron chi connectivity index (χ1n) is 6.72. The normalized spacial score (nSPS) is 12.3. The molecule has 0 aliphatic heterocycles. The van der Waals surface area contributed by atoms with Crippen molar-refractivity contribution >= 4 is 26.8 Å². The number of hydrogen-bond donors (Lipinski definition) is 1. The first-order valence-corrected chi connectivity index (χ1v) is 7.51. The Kier molecular flexibility index (Phi) is 3.90. The van der Waals surface area contributed by atoms with Gasteiger partial charge in [0.05, 0.1) is 9.99 Å². The van der Waals surface area contributed by atoms with E-state index in [1.54, 1.807) is 6.20 Å². The lowest BCUT2D eigenvalue weighted by Gasteiger charge is -2.12. The van der Waals surface area contributed by atoms with Crippen LogP contribution in [0.5, 0.6) is 11.5 Å². The zero-order chi connectivity index (χ0) is 14.8. The number of fused-ring (bicyclic) bond motifs is 1. The highest BCUT2D eigenvalue weighted by molar-refractivity contribution is 9.10. The lowest BCUT2D eigenvalue weighted by atomic mass is 10.1. The van der Waals surface area contributed by atoms with E-state index in [2.05, 4.69) is 20.9 Å². The summed E-state index contributed by atoms with van der Waals surface area (Å²) in [4.78, 5) is 4.33. The van der Waals surface area contributed by atoms with Gasteiger partial charge in [0, 0.05) is 17.6 Å². The van der Waals surface area contributed by atoms with Gasteiger partial charge in [0.1, 0.15) is 11.5 Å². The van der Waals surface area contributed by atoms with E-state index in [1.165, 1.54) is 0 Å². The summed E-state index contributed by atoms with van der Waals surface area (Å²) in [6.45, 7) is 1.96. The molecule has 3 nitrogen and oxygen atoms in total. The molecule has 3 rings (SSSR count). The molecular formula is C17H15BrN2O. The van der Waals surface area contributed by atoms with Gasteiger partial charge >= 0.3 is 0 Å². The van der Waals surface area contributed by atoms with Gasteiger partial charge in [-0.3, -0.25) is 4.98 Å². The van der Waals surface area contributed by atoms with Gasteiger partial charge < -0.3 is 10.5 Å². The van der Waals surface area contributed by atoms with Crippen molar-refractivity contribution < 1.29 is 4.74 Å². The molecule has 0 fully saturated rings. The zero-order valence-electron chi connectivity index (χ0n) is 11.6. The van der Waals surface area contributed by atoms with Crippen molar-refractivity contribution in [3.63, 3.8) is 0 Å². The lowest BCUT2D eigenvalue weighted by molar-refractivity contribution is 0.484. The highest BCUT2D eigenvalue weighted by atomic mass is 79.9. The van der Waals surface area contributed by atoms with Crippen molar-refractivity contribution in [2.24, 2.45) is 5.73 Å². The summed E-state index contributed by atoms with van der Waals surface area (Å²) in [6.07, 6.45) is 1.78. The number of benzene rings is 2. The third-order valence-corrected chi connectivity index (χ3v) is 3.93. The number of nitrogens with zero attached hydrogens (tertiary/aromatic N) is 1. The smallest absolute Gasteiger partial charge is 0.141 e. The second-order valence-corrected chi connectivity index (χ2v) is 5.76. The lowest BCUT2D eigenvalue weighted by Crippen LogP contribution is -2.04. The molecule has 2 N–H and O–H groups in total. The Morgan fingerprint density at radius 3 is 2.71 bits per heavy atom. The van der Waals surface area contributed by atoms with E-state index in [9.17, 15) is 0 Å². The van der Waals surface area contributed by atoms with Gasteiger partial charge in [-0.2, -0.15) is 0 Å². The molecule has 2 aromatic carbocycles. The molecule has 1 atom stereocenters. The van der Waals surface area contributed by atoms with Crippen molar-refractivity contribution in [2.45, 2.75) is 13.0 Å². The Morgan fingerprint density at radius 1 is 1.10 bits per heavy atom. The second kappa shape index (κ2) is 5.84. The van der Waals surface area contributed by atoms with Crippen molar-refractivity contribution in [3.05, 3.63) is 64.8 Å². The number of pyridine rings is 1. The van der Waals surface area contributed by atoms with Gasteiger partial charge in [-0.05, 0) is 64.8 Å². The van der Waals surface area contributed by atoms with Crippen LogP contribution in [0.2, 0.25) is 0 Å². The molecule has 1 aromatic heterocycles. The molecule has 21 heavy (non-hydrogen) atoms. The van der Waals surface area contributed by atoms with Crippen LogP contribution in [0.15, 0.2) is 59.2 Å². The molecule has 4 heteroatoms. The van der Waals surface area contributed by atoms with Gasteiger partial charge in [-0.1, -0.05) is 12.1 Å². The summed E-state index contributed by atoms with van der Waals surface area (Å²) in [5.74, 6) is 1.55. The molecule has 0 unspecified atom stereocenters. The minimum atomic E-state index is -0.00268. The summed E-state index contributed by atoms with van der Waals surface area (Å²) in [5.41, 5.74) is 7.87. The van der Waals surface area contributed by atoms with Crippen molar-refractivity contribution in [1.29, 1.82) is 0 Å². The van der Waals surface area contributed by atoms with Gasteiger partial charge in [-0.15, -0.1) is 0 Å². The topological polar surface area (TPSA) is 48.1 Å². The SMILES string of the molecule is C[C@@H](N)c1ccc(Oc2cccc3ncccc23)c(Br)c1. The molecule has 1 heterocycles. The minimum absolute atomic E-state index is 0.00268. The molecule has 0 spiro atoms. The molecule has 106 valence electrons. The summed E-state index contributed by atoms with van der Waals surface area (Å²) in [7, 11) is 0. The van der Waals surface area contributed by atoms with E-state index in [4.69, 9.17) is 10.5 Å². The predicted octanol–water partition coefficient (Wildman–Crippen LogP) is 4.81. The Morgan fingerprint density at radius 2 is 1.95 bits per heavy atom. The average Bonchev–Trinajstić information content (AvgIpc) is 2.49. The molecule has 0 amide bonds. The van der Waals surface area contributed by atoms with Gasteiger partial charge in [0.2, 0.25) is 0 Å². The summed E-state index contributed by atoms with van der Waals surface area (Å²) in [6, 6.07) is 15.7. The molecular weight excluding hydrogens is 328 g/mol. The third kappa shape index (κ3) is 2.91. The van der Waals surface area contributed by atoms with Gasteiger partial charge in [0.15, 0.2) is 0 Å². The number of aromatic nitrogens is 1. The fourth-order valence-electron chi connectivity index (χ4n) is 2.17. The predicted molar refractivity (Wildman–Crippen MR) is 88.6 cm³/mol. The standard InChI is InChI=1S/C17H15BrN2O/c1-11(19)12-7-8-17(14(18)10-12)21-16-6-2-5-15-13(16)4-3-9-20-15/h2-11H,19H2,1H3/t11-/m1/s1. The monoisotopic (exact) mass is 342 g/mol. The van der Waals surface area contributed by atoms with E-state index in [-0.39, 0.29) is 6.04 Å². The molecule has 0 aliphatic rings. The molecule has 0 saturated carbocycles. The molecule has 0 radical (unpaired) electrons.